The number of nitrogens with one attached hydrogen (secondary N) is 1. The van der Waals surface area contributed by atoms with Crippen LogP contribution in [0.25, 0.3) is 11.3 Å². The van der Waals surface area contributed by atoms with Gasteiger partial charge in [-0.05, 0) is 34.9 Å². The van der Waals surface area contributed by atoms with E-state index in [0.717, 1.165) is 23.4 Å². The highest BCUT2D eigenvalue weighted by atomic mass is 16.5. The Hall–Kier alpha value is -1.97. The molecule has 4 heteroatoms. The third-order valence-corrected chi connectivity index (χ3v) is 3.84. The zero-order chi connectivity index (χ0) is 16.5. The summed E-state index contributed by atoms with van der Waals surface area (Å²) >= 11 is 0. The van der Waals surface area contributed by atoms with Crippen LogP contribution in [-0.4, -0.2) is 17.3 Å². The minimum absolute atomic E-state index is 0.0742. The van der Waals surface area contributed by atoms with E-state index in [1.54, 1.807) is 7.11 Å². The van der Waals surface area contributed by atoms with Crippen molar-refractivity contribution in [2.45, 2.75) is 46.5 Å². The molecule has 0 saturated carbocycles. The standard InChI is InChI=1S/C18H27N3O/c1-17(2,3)11-18(4,5)12-7-8-15(22-6)13(9-12)14-10-16(19)21-20-14/h7-10H,11H2,1-6H3,(H3,19,20,21). The number of rotatable bonds is 4. The molecule has 120 valence electrons. The van der Waals surface area contributed by atoms with Crippen LogP contribution in [0.15, 0.2) is 24.3 Å². The minimum Gasteiger partial charge on any atom is -0.496 e. The molecule has 3 N–H and O–H groups in total. The van der Waals surface area contributed by atoms with Gasteiger partial charge in [0.2, 0.25) is 0 Å². The molecule has 0 aliphatic rings. The van der Waals surface area contributed by atoms with Crippen molar-refractivity contribution in [3.63, 3.8) is 0 Å². The van der Waals surface area contributed by atoms with Crippen LogP contribution in [-0.2, 0) is 5.41 Å². The molecule has 0 radical (unpaired) electrons. The topological polar surface area (TPSA) is 63.9 Å². The zero-order valence-corrected chi connectivity index (χ0v) is 14.4. The summed E-state index contributed by atoms with van der Waals surface area (Å²) in [5.41, 5.74) is 9.22. The molecular formula is C18H27N3O. The molecule has 0 unspecified atom stereocenters. The maximum atomic E-state index is 5.73. The van der Waals surface area contributed by atoms with E-state index in [1.807, 2.05) is 12.1 Å². The van der Waals surface area contributed by atoms with Crippen molar-refractivity contribution in [1.29, 1.82) is 0 Å². The van der Waals surface area contributed by atoms with Crippen molar-refractivity contribution in [3.05, 3.63) is 29.8 Å². The zero-order valence-electron chi connectivity index (χ0n) is 14.4. The first kappa shape index (κ1) is 16.4. The first-order chi connectivity index (χ1) is 10.1. The quantitative estimate of drug-likeness (QED) is 0.880. The van der Waals surface area contributed by atoms with Crippen molar-refractivity contribution in [2.75, 3.05) is 12.8 Å². The van der Waals surface area contributed by atoms with E-state index in [0.29, 0.717) is 5.82 Å². The molecule has 0 spiro atoms. The van der Waals surface area contributed by atoms with Crippen molar-refractivity contribution in [3.8, 4) is 17.0 Å². The van der Waals surface area contributed by atoms with Crippen LogP contribution in [0.1, 0.15) is 46.6 Å². The fraction of sp³-hybridized carbons (Fsp3) is 0.500. The molecule has 2 aromatic rings. The molecule has 0 fully saturated rings. The second kappa shape index (κ2) is 5.67. The molecule has 1 aromatic heterocycles. The number of hydrogen-bond donors (Lipinski definition) is 2. The van der Waals surface area contributed by atoms with Gasteiger partial charge in [-0.3, -0.25) is 5.10 Å². The molecular weight excluding hydrogens is 274 g/mol. The molecule has 2 rings (SSSR count). The van der Waals surface area contributed by atoms with Gasteiger partial charge in [0.1, 0.15) is 11.6 Å². The summed E-state index contributed by atoms with van der Waals surface area (Å²) in [4.78, 5) is 0. The molecule has 0 atom stereocenters. The van der Waals surface area contributed by atoms with Crippen LogP contribution in [0.4, 0.5) is 5.82 Å². The molecule has 22 heavy (non-hydrogen) atoms. The van der Waals surface area contributed by atoms with E-state index in [9.17, 15) is 0 Å². The Balaban J connectivity index is 2.47. The number of nitrogen functional groups attached to an aromatic ring is 1. The van der Waals surface area contributed by atoms with E-state index in [-0.39, 0.29) is 10.8 Å². The highest BCUT2D eigenvalue weighted by Crippen LogP contribution is 2.39. The lowest BCUT2D eigenvalue weighted by Gasteiger charge is -2.33. The number of methoxy groups -OCH3 is 1. The number of nitrogens with zero attached hydrogens (tertiary/aromatic N) is 1. The Morgan fingerprint density at radius 2 is 1.82 bits per heavy atom. The van der Waals surface area contributed by atoms with Gasteiger partial charge in [-0.15, -0.1) is 0 Å². The second-order valence-corrected chi connectivity index (χ2v) is 7.74. The van der Waals surface area contributed by atoms with Crippen molar-refractivity contribution >= 4 is 5.82 Å². The summed E-state index contributed by atoms with van der Waals surface area (Å²) in [6.07, 6.45) is 1.09. The summed E-state index contributed by atoms with van der Waals surface area (Å²) < 4.78 is 5.49. The fourth-order valence-corrected chi connectivity index (χ4v) is 3.24. The number of benzene rings is 1. The Morgan fingerprint density at radius 3 is 2.32 bits per heavy atom. The number of anilines is 1. The van der Waals surface area contributed by atoms with Gasteiger partial charge in [0.05, 0.1) is 12.8 Å². The molecule has 0 aliphatic carbocycles. The van der Waals surface area contributed by atoms with Crippen molar-refractivity contribution in [2.24, 2.45) is 5.41 Å². The van der Waals surface area contributed by atoms with Crippen LogP contribution in [0.2, 0.25) is 0 Å². The van der Waals surface area contributed by atoms with Crippen LogP contribution in [0, 0.1) is 5.41 Å². The van der Waals surface area contributed by atoms with Gasteiger partial charge in [-0.2, -0.15) is 5.10 Å². The number of nitrogens with two attached hydrogens (primary N) is 1. The van der Waals surface area contributed by atoms with Crippen LogP contribution >= 0.6 is 0 Å². The average Bonchev–Trinajstić information content (AvgIpc) is 2.81. The predicted molar refractivity (Wildman–Crippen MR) is 92.1 cm³/mol. The van der Waals surface area contributed by atoms with Gasteiger partial charge in [0, 0.05) is 11.6 Å². The maximum absolute atomic E-state index is 5.73. The summed E-state index contributed by atoms with van der Waals surface area (Å²) in [7, 11) is 1.68. The van der Waals surface area contributed by atoms with Crippen molar-refractivity contribution in [1.82, 2.24) is 10.2 Å². The Morgan fingerprint density at radius 1 is 1.14 bits per heavy atom. The fourth-order valence-electron chi connectivity index (χ4n) is 3.24. The van der Waals surface area contributed by atoms with Gasteiger partial charge in [-0.1, -0.05) is 40.7 Å². The summed E-state index contributed by atoms with van der Waals surface area (Å²) in [5, 5.41) is 6.99. The lowest BCUT2D eigenvalue weighted by molar-refractivity contribution is 0.284. The van der Waals surface area contributed by atoms with Crippen LogP contribution in [0.3, 0.4) is 0 Å². The van der Waals surface area contributed by atoms with Gasteiger partial charge < -0.3 is 10.5 Å². The Labute approximate surface area is 133 Å². The van der Waals surface area contributed by atoms with E-state index < -0.39 is 0 Å². The van der Waals surface area contributed by atoms with E-state index in [1.165, 1.54) is 5.56 Å². The number of hydrogen-bond acceptors (Lipinski definition) is 3. The van der Waals surface area contributed by atoms with Gasteiger partial charge in [0.25, 0.3) is 0 Å². The first-order valence-corrected chi connectivity index (χ1v) is 7.62. The van der Waals surface area contributed by atoms with E-state index in [2.05, 4.69) is 56.9 Å². The number of aromatic nitrogens is 2. The van der Waals surface area contributed by atoms with Gasteiger partial charge in [0.15, 0.2) is 0 Å². The minimum atomic E-state index is 0.0742. The molecule has 0 saturated heterocycles. The average molecular weight is 301 g/mol. The monoisotopic (exact) mass is 301 g/mol. The maximum Gasteiger partial charge on any atom is 0.145 e. The summed E-state index contributed by atoms with van der Waals surface area (Å²) in [6.45, 7) is 11.4. The Kier molecular flexibility index (Phi) is 4.23. The van der Waals surface area contributed by atoms with Crippen LogP contribution in [0.5, 0.6) is 5.75 Å². The van der Waals surface area contributed by atoms with Gasteiger partial charge in [-0.25, -0.2) is 0 Å². The normalized spacial score (nSPS) is 12.5. The third kappa shape index (κ3) is 3.62. The SMILES string of the molecule is COc1ccc(C(C)(C)CC(C)(C)C)cc1-c1cc(N)n[nH]1. The number of H-pyrrole nitrogens is 1. The number of ether oxygens (including phenoxy) is 1. The smallest absolute Gasteiger partial charge is 0.145 e. The largest absolute Gasteiger partial charge is 0.496 e. The van der Waals surface area contributed by atoms with Crippen molar-refractivity contribution < 1.29 is 4.74 Å². The predicted octanol–water partition coefficient (Wildman–Crippen LogP) is 4.38. The van der Waals surface area contributed by atoms with Crippen LogP contribution < -0.4 is 10.5 Å². The lowest BCUT2D eigenvalue weighted by atomic mass is 9.72. The molecule has 1 heterocycles. The van der Waals surface area contributed by atoms with Gasteiger partial charge >= 0.3 is 0 Å². The lowest BCUT2D eigenvalue weighted by Crippen LogP contribution is -2.24. The summed E-state index contributed by atoms with van der Waals surface area (Å²) in [5.74, 6) is 1.30. The molecule has 0 aliphatic heterocycles. The molecule has 4 nitrogen and oxygen atoms in total. The van der Waals surface area contributed by atoms with E-state index >= 15 is 0 Å². The molecule has 1 aromatic carbocycles. The Bertz CT molecular complexity index is 651. The third-order valence-electron chi connectivity index (χ3n) is 3.84. The second-order valence-electron chi connectivity index (χ2n) is 7.74. The highest BCUT2D eigenvalue weighted by Gasteiger charge is 2.28. The summed E-state index contributed by atoms with van der Waals surface area (Å²) in [6, 6.07) is 8.18. The molecule has 0 bridgehead atoms. The van der Waals surface area contributed by atoms with E-state index in [4.69, 9.17) is 10.5 Å². The molecule has 0 amide bonds. The highest BCUT2D eigenvalue weighted by molar-refractivity contribution is 5.70. The first-order valence-electron chi connectivity index (χ1n) is 7.62. The number of aromatic amines is 1.